The number of aryl methyl sites for hydroxylation is 2. The highest BCUT2D eigenvalue weighted by atomic mass is 19.1. The van der Waals surface area contributed by atoms with E-state index in [1.54, 1.807) is 16.8 Å². The van der Waals surface area contributed by atoms with Gasteiger partial charge in [0, 0.05) is 35.6 Å². The van der Waals surface area contributed by atoms with Crippen LogP contribution in [0.25, 0.3) is 11.3 Å². The van der Waals surface area contributed by atoms with Gasteiger partial charge in [0.2, 0.25) is 0 Å². The second-order valence-corrected chi connectivity index (χ2v) is 11.0. The summed E-state index contributed by atoms with van der Waals surface area (Å²) in [5.74, 6) is -0.686. The zero-order valence-electron chi connectivity index (χ0n) is 23.8. The number of benzene rings is 2. The molecule has 1 aliphatic rings. The molecule has 5 rings (SSSR count). The Morgan fingerprint density at radius 2 is 1.95 bits per heavy atom. The molecule has 3 heterocycles. The fourth-order valence-electron chi connectivity index (χ4n) is 4.95. The number of aromatic nitrogens is 3. The van der Waals surface area contributed by atoms with E-state index < -0.39 is 17.6 Å². The van der Waals surface area contributed by atoms with Crippen LogP contribution in [0.15, 0.2) is 48.7 Å². The normalized spacial score (nSPS) is 12.5. The minimum Gasteiger partial charge on any atom is -0.494 e. The van der Waals surface area contributed by atoms with E-state index in [1.165, 1.54) is 30.8 Å². The highest BCUT2D eigenvalue weighted by Crippen LogP contribution is 2.37. The van der Waals surface area contributed by atoms with E-state index in [0.29, 0.717) is 31.1 Å². The van der Waals surface area contributed by atoms with Crippen molar-refractivity contribution in [3.63, 3.8) is 0 Å². The summed E-state index contributed by atoms with van der Waals surface area (Å²) in [7, 11) is 0. The zero-order chi connectivity index (χ0) is 29.5. The number of nitrogens with one attached hydrogen (secondary N) is 2. The first-order valence-corrected chi connectivity index (χ1v) is 13.5. The average Bonchev–Trinajstić information content (AvgIpc) is 3.17. The van der Waals surface area contributed by atoms with Gasteiger partial charge in [-0.3, -0.25) is 9.59 Å². The van der Waals surface area contributed by atoms with Gasteiger partial charge in [0.25, 0.3) is 11.8 Å². The maximum absolute atomic E-state index is 15.9. The monoisotopic (exact) mass is 556 g/mol. The Balaban J connectivity index is 1.49. The van der Waals surface area contributed by atoms with Gasteiger partial charge in [0.05, 0.1) is 6.61 Å². The standard InChI is InChI=1S/C31H33FN6O3/c1-6-41-20-11-13-34-24(16-20)36-30(40)21-8-9-22(26(32)17(21)2)27-25(28(33)39)29-35-23-10-7-19(31(3,4)5)15-18(23)12-14-38(29)37-27/h7-11,13,15-16,35H,6,12,14H2,1-5H3,(H2,33,39)(H,34,36,40). The lowest BCUT2D eigenvalue weighted by molar-refractivity contribution is 0.0998. The number of ether oxygens (including phenoxy) is 1. The first-order valence-electron chi connectivity index (χ1n) is 13.5. The summed E-state index contributed by atoms with van der Waals surface area (Å²) in [6.45, 7) is 10.8. The average molecular weight is 557 g/mol. The number of nitrogens with two attached hydrogens (primary N) is 1. The Bertz CT molecular complexity index is 1670. The quantitative estimate of drug-likeness (QED) is 0.278. The van der Waals surface area contributed by atoms with Gasteiger partial charge in [-0.2, -0.15) is 5.10 Å². The molecular weight excluding hydrogens is 523 g/mol. The Labute approximate surface area is 237 Å². The van der Waals surface area contributed by atoms with Crippen LogP contribution in [0.2, 0.25) is 0 Å². The van der Waals surface area contributed by atoms with Crippen molar-refractivity contribution >= 4 is 29.1 Å². The topological polar surface area (TPSA) is 124 Å². The predicted octanol–water partition coefficient (Wildman–Crippen LogP) is 5.74. The molecule has 10 heteroatoms. The largest absolute Gasteiger partial charge is 0.494 e. The molecule has 0 radical (unpaired) electrons. The van der Waals surface area contributed by atoms with Crippen molar-refractivity contribution in [2.75, 3.05) is 17.2 Å². The number of amides is 2. The van der Waals surface area contributed by atoms with E-state index in [1.807, 2.05) is 13.0 Å². The number of fused-ring (bicyclic) bond motifs is 2. The van der Waals surface area contributed by atoms with Gasteiger partial charge < -0.3 is 21.1 Å². The fraction of sp³-hybridized carbons (Fsp3) is 0.290. The first kappa shape index (κ1) is 27.8. The molecule has 0 unspecified atom stereocenters. The Morgan fingerprint density at radius 3 is 2.66 bits per heavy atom. The summed E-state index contributed by atoms with van der Waals surface area (Å²) in [5.41, 5.74) is 9.47. The van der Waals surface area contributed by atoms with Crippen LogP contribution in [0.4, 0.5) is 21.7 Å². The number of halogens is 1. The molecule has 4 N–H and O–H groups in total. The van der Waals surface area contributed by atoms with Gasteiger partial charge in [-0.1, -0.05) is 32.9 Å². The number of carbonyl (C=O) groups excluding carboxylic acids is 2. The summed E-state index contributed by atoms with van der Waals surface area (Å²) in [6.07, 6.45) is 2.18. The lowest BCUT2D eigenvalue weighted by atomic mass is 9.85. The summed E-state index contributed by atoms with van der Waals surface area (Å²) in [6, 6.07) is 12.4. The number of carbonyl (C=O) groups is 2. The highest BCUT2D eigenvalue weighted by molar-refractivity contribution is 6.07. The van der Waals surface area contributed by atoms with Crippen LogP contribution in [0.1, 0.15) is 65.1 Å². The molecule has 212 valence electrons. The van der Waals surface area contributed by atoms with Crippen LogP contribution < -0.4 is 21.1 Å². The van der Waals surface area contributed by atoms with E-state index in [0.717, 1.165) is 11.3 Å². The molecule has 0 bridgehead atoms. The summed E-state index contributed by atoms with van der Waals surface area (Å²) in [5, 5.41) is 10.6. The molecule has 0 fully saturated rings. The molecule has 0 atom stereocenters. The molecule has 2 aromatic heterocycles. The SMILES string of the molecule is CCOc1ccnc(NC(=O)c2ccc(-c3nn4c(c3C(N)=O)Nc3ccc(C(C)(C)C)cc3CC4)c(F)c2C)c1. The second-order valence-electron chi connectivity index (χ2n) is 11.0. The van der Waals surface area contributed by atoms with Gasteiger partial charge in [-0.25, -0.2) is 14.1 Å². The van der Waals surface area contributed by atoms with Crippen molar-refractivity contribution in [1.82, 2.24) is 14.8 Å². The number of primary amides is 1. The molecule has 2 amide bonds. The van der Waals surface area contributed by atoms with Crippen molar-refractivity contribution in [3.05, 3.63) is 82.3 Å². The van der Waals surface area contributed by atoms with Gasteiger partial charge in [0.1, 0.15) is 34.5 Å². The van der Waals surface area contributed by atoms with E-state index in [9.17, 15) is 9.59 Å². The third-order valence-corrected chi connectivity index (χ3v) is 7.19. The number of rotatable bonds is 6. The molecule has 0 aliphatic carbocycles. The second kappa shape index (κ2) is 10.7. The lowest BCUT2D eigenvalue weighted by Crippen LogP contribution is -2.16. The van der Waals surface area contributed by atoms with Crippen molar-refractivity contribution in [2.45, 2.75) is 53.0 Å². The maximum Gasteiger partial charge on any atom is 0.257 e. The molecule has 1 aliphatic heterocycles. The number of anilines is 3. The number of hydrogen-bond acceptors (Lipinski definition) is 6. The van der Waals surface area contributed by atoms with Gasteiger partial charge in [-0.05, 0) is 66.6 Å². The minimum atomic E-state index is -0.734. The van der Waals surface area contributed by atoms with Crippen molar-refractivity contribution in [1.29, 1.82) is 0 Å². The zero-order valence-corrected chi connectivity index (χ0v) is 23.8. The molecule has 2 aromatic carbocycles. The van der Waals surface area contributed by atoms with Crippen LogP contribution in [-0.2, 0) is 18.4 Å². The third-order valence-electron chi connectivity index (χ3n) is 7.19. The molecule has 0 saturated carbocycles. The van der Waals surface area contributed by atoms with Crippen LogP contribution in [-0.4, -0.2) is 33.2 Å². The van der Waals surface area contributed by atoms with Crippen LogP contribution >= 0.6 is 0 Å². The lowest BCUT2D eigenvalue weighted by Gasteiger charge is -2.21. The number of nitrogens with zero attached hydrogens (tertiary/aromatic N) is 3. The van der Waals surface area contributed by atoms with Gasteiger partial charge in [-0.15, -0.1) is 0 Å². The molecule has 0 saturated heterocycles. The van der Waals surface area contributed by atoms with E-state index in [-0.39, 0.29) is 39.2 Å². The van der Waals surface area contributed by atoms with E-state index in [2.05, 4.69) is 53.6 Å². The smallest absolute Gasteiger partial charge is 0.257 e. The van der Waals surface area contributed by atoms with Crippen LogP contribution in [0, 0.1) is 12.7 Å². The fourth-order valence-corrected chi connectivity index (χ4v) is 4.95. The summed E-state index contributed by atoms with van der Waals surface area (Å²) >= 11 is 0. The van der Waals surface area contributed by atoms with Gasteiger partial charge in [0.15, 0.2) is 0 Å². The third kappa shape index (κ3) is 5.37. The Morgan fingerprint density at radius 1 is 1.17 bits per heavy atom. The minimum absolute atomic E-state index is 0.0110. The van der Waals surface area contributed by atoms with E-state index in [4.69, 9.17) is 10.5 Å². The maximum atomic E-state index is 15.9. The van der Waals surface area contributed by atoms with Crippen molar-refractivity contribution in [3.8, 4) is 17.0 Å². The molecular formula is C31H33FN6O3. The summed E-state index contributed by atoms with van der Waals surface area (Å²) < 4.78 is 23.0. The molecule has 41 heavy (non-hydrogen) atoms. The van der Waals surface area contributed by atoms with Crippen LogP contribution in [0.5, 0.6) is 5.75 Å². The van der Waals surface area contributed by atoms with Gasteiger partial charge >= 0.3 is 0 Å². The predicted molar refractivity (Wildman–Crippen MR) is 156 cm³/mol. The Kier molecular flexibility index (Phi) is 7.25. The molecule has 9 nitrogen and oxygen atoms in total. The molecule has 4 aromatic rings. The summed E-state index contributed by atoms with van der Waals surface area (Å²) in [4.78, 5) is 29.9. The number of pyridine rings is 1. The van der Waals surface area contributed by atoms with Crippen molar-refractivity contribution < 1.29 is 18.7 Å². The van der Waals surface area contributed by atoms with E-state index >= 15 is 4.39 Å². The Hall–Kier alpha value is -4.73. The molecule has 0 spiro atoms. The highest BCUT2D eigenvalue weighted by Gasteiger charge is 2.29. The number of hydrogen-bond donors (Lipinski definition) is 3. The first-order chi connectivity index (χ1) is 19.5. The van der Waals surface area contributed by atoms with Crippen molar-refractivity contribution in [2.24, 2.45) is 5.73 Å². The van der Waals surface area contributed by atoms with Crippen LogP contribution in [0.3, 0.4) is 0 Å².